The molecule has 0 fully saturated rings. The first-order valence-electron chi connectivity index (χ1n) is 11.7. The van der Waals surface area contributed by atoms with E-state index in [-0.39, 0.29) is 12.1 Å². The molecule has 0 saturated carbocycles. The van der Waals surface area contributed by atoms with Crippen molar-refractivity contribution < 1.29 is 14.2 Å². The number of methoxy groups -OCH3 is 1. The number of hydrogen-bond donors (Lipinski definition) is 0. The van der Waals surface area contributed by atoms with Crippen molar-refractivity contribution in [1.82, 2.24) is 4.90 Å². The minimum absolute atomic E-state index is 0.0666. The van der Waals surface area contributed by atoms with E-state index in [2.05, 4.69) is 73.9 Å². The van der Waals surface area contributed by atoms with Crippen LogP contribution in [0.15, 0.2) is 60.2 Å². The van der Waals surface area contributed by atoms with Gasteiger partial charge in [-0.2, -0.15) is 0 Å². The Morgan fingerprint density at radius 2 is 1.84 bits per heavy atom. The molecule has 2 aromatic carbocycles. The second kappa shape index (κ2) is 11.9. The van der Waals surface area contributed by atoms with E-state index in [9.17, 15) is 0 Å². The highest BCUT2D eigenvalue weighted by Gasteiger charge is 2.33. The molecule has 5 heteroatoms. The van der Waals surface area contributed by atoms with Crippen LogP contribution < -0.4 is 14.4 Å². The summed E-state index contributed by atoms with van der Waals surface area (Å²) in [5.74, 6) is 1.83. The molecule has 0 bridgehead atoms. The topological polar surface area (TPSA) is 34.2 Å². The molecule has 1 aliphatic rings. The third kappa shape index (κ3) is 5.84. The number of likely N-dealkylation sites (N-methyl/N-ethyl adjacent to an activating group) is 1. The van der Waals surface area contributed by atoms with E-state index in [0.29, 0.717) is 19.8 Å². The van der Waals surface area contributed by atoms with Crippen molar-refractivity contribution in [2.24, 2.45) is 0 Å². The molecule has 3 rings (SSSR count). The molecule has 0 saturated heterocycles. The third-order valence-electron chi connectivity index (χ3n) is 6.10. The molecule has 0 amide bonds. The van der Waals surface area contributed by atoms with E-state index in [1.54, 1.807) is 7.11 Å². The van der Waals surface area contributed by atoms with Crippen molar-refractivity contribution in [2.75, 3.05) is 51.5 Å². The number of para-hydroxylation sites is 3. The molecule has 32 heavy (non-hydrogen) atoms. The Kier molecular flexibility index (Phi) is 9.00. The maximum atomic E-state index is 6.19. The largest absolute Gasteiger partial charge is 0.496 e. The van der Waals surface area contributed by atoms with Crippen LogP contribution >= 0.6 is 0 Å². The van der Waals surface area contributed by atoms with Crippen molar-refractivity contribution in [3.8, 4) is 11.5 Å². The lowest BCUT2D eigenvalue weighted by Gasteiger charge is -2.43. The Balaban J connectivity index is 1.92. The second-order valence-corrected chi connectivity index (χ2v) is 8.38. The van der Waals surface area contributed by atoms with Gasteiger partial charge in [0.25, 0.3) is 0 Å². The number of anilines is 1. The fourth-order valence-corrected chi connectivity index (χ4v) is 4.34. The van der Waals surface area contributed by atoms with Gasteiger partial charge in [0.2, 0.25) is 0 Å². The summed E-state index contributed by atoms with van der Waals surface area (Å²) in [6, 6.07) is 16.9. The van der Waals surface area contributed by atoms with Gasteiger partial charge in [-0.3, -0.25) is 4.90 Å². The molecule has 0 aliphatic carbocycles. The fraction of sp³-hybridized carbons (Fsp3) is 0.481. The zero-order chi connectivity index (χ0) is 22.9. The number of nitrogens with zero attached hydrogens (tertiary/aromatic N) is 2. The van der Waals surface area contributed by atoms with Crippen LogP contribution in [-0.4, -0.2) is 57.5 Å². The van der Waals surface area contributed by atoms with E-state index in [1.165, 1.54) is 5.57 Å². The Morgan fingerprint density at radius 1 is 1.12 bits per heavy atom. The molecule has 2 atom stereocenters. The lowest BCUT2D eigenvalue weighted by atomic mass is 10.0. The van der Waals surface area contributed by atoms with Crippen LogP contribution in [0.5, 0.6) is 11.5 Å². The van der Waals surface area contributed by atoms with E-state index in [4.69, 9.17) is 14.2 Å². The first-order valence-corrected chi connectivity index (χ1v) is 11.7. The fourth-order valence-electron chi connectivity index (χ4n) is 4.34. The zero-order valence-electron chi connectivity index (χ0n) is 20.2. The average Bonchev–Trinajstić information content (AvgIpc) is 2.82. The van der Waals surface area contributed by atoms with Gasteiger partial charge in [0.05, 0.1) is 38.1 Å². The summed E-state index contributed by atoms with van der Waals surface area (Å²) in [7, 11) is 1.73. The molecule has 0 spiro atoms. The van der Waals surface area contributed by atoms with Crippen molar-refractivity contribution in [3.05, 3.63) is 65.7 Å². The highest BCUT2D eigenvalue weighted by Crippen LogP contribution is 2.41. The second-order valence-electron chi connectivity index (χ2n) is 8.38. The Labute approximate surface area is 193 Å². The lowest BCUT2D eigenvalue weighted by molar-refractivity contribution is 0.0784. The first-order chi connectivity index (χ1) is 15.6. The molecule has 5 nitrogen and oxygen atoms in total. The van der Waals surface area contributed by atoms with E-state index >= 15 is 0 Å². The van der Waals surface area contributed by atoms with Gasteiger partial charge in [0.1, 0.15) is 18.1 Å². The summed E-state index contributed by atoms with van der Waals surface area (Å²) in [5, 5.41) is 0. The summed E-state index contributed by atoms with van der Waals surface area (Å²) in [6.45, 7) is 13.4. The summed E-state index contributed by atoms with van der Waals surface area (Å²) in [5.41, 5.74) is 3.55. The molecule has 0 radical (unpaired) electrons. The average molecular weight is 439 g/mol. The summed E-state index contributed by atoms with van der Waals surface area (Å²) in [4.78, 5) is 4.96. The number of benzene rings is 2. The van der Waals surface area contributed by atoms with Crippen LogP contribution in [0, 0.1) is 0 Å². The molecule has 1 heterocycles. The summed E-state index contributed by atoms with van der Waals surface area (Å²) >= 11 is 0. The van der Waals surface area contributed by atoms with Crippen LogP contribution in [0.3, 0.4) is 0 Å². The summed E-state index contributed by atoms with van der Waals surface area (Å²) in [6.07, 6.45) is 2.14. The van der Waals surface area contributed by atoms with Crippen LogP contribution in [0.25, 0.3) is 0 Å². The molecular formula is C27H38N2O3. The summed E-state index contributed by atoms with van der Waals surface area (Å²) < 4.78 is 18.0. The quantitative estimate of drug-likeness (QED) is 0.350. The van der Waals surface area contributed by atoms with Crippen LogP contribution in [0.4, 0.5) is 5.69 Å². The Hall–Kier alpha value is -2.50. The maximum Gasteiger partial charge on any atom is 0.142 e. The number of hydrogen-bond acceptors (Lipinski definition) is 5. The minimum atomic E-state index is 0.0666. The van der Waals surface area contributed by atoms with Crippen LogP contribution in [-0.2, 0) is 4.74 Å². The number of rotatable bonds is 11. The standard InChI is InChI=1S/C27H38N2O3/c1-6-28(7-2)22(19-31-17-16-21(3)4)18-29-24-13-9-11-15-27(24)32-20-25(29)23-12-8-10-14-26(23)30-5/h8-16,22,25H,6-7,17-20H2,1-5H3. The first kappa shape index (κ1) is 24.1. The molecule has 174 valence electrons. The van der Waals surface area contributed by atoms with E-state index < -0.39 is 0 Å². The third-order valence-corrected chi connectivity index (χ3v) is 6.10. The van der Waals surface area contributed by atoms with Gasteiger partial charge in [-0.05, 0) is 45.1 Å². The normalized spacial score (nSPS) is 16.3. The van der Waals surface area contributed by atoms with Gasteiger partial charge < -0.3 is 19.1 Å². The Morgan fingerprint density at radius 3 is 2.56 bits per heavy atom. The molecular weight excluding hydrogens is 400 g/mol. The number of allylic oxidation sites excluding steroid dienone is 1. The predicted octanol–water partition coefficient (Wildman–Crippen LogP) is 5.33. The van der Waals surface area contributed by atoms with E-state index in [1.807, 2.05) is 18.2 Å². The van der Waals surface area contributed by atoms with Crippen molar-refractivity contribution in [1.29, 1.82) is 0 Å². The van der Waals surface area contributed by atoms with Crippen molar-refractivity contribution in [3.63, 3.8) is 0 Å². The van der Waals surface area contributed by atoms with Crippen molar-refractivity contribution in [2.45, 2.75) is 39.8 Å². The Bertz CT molecular complexity index is 875. The van der Waals surface area contributed by atoms with Gasteiger partial charge in [-0.1, -0.05) is 55.8 Å². The van der Waals surface area contributed by atoms with Crippen LogP contribution in [0.1, 0.15) is 39.3 Å². The van der Waals surface area contributed by atoms with Gasteiger partial charge in [-0.15, -0.1) is 0 Å². The van der Waals surface area contributed by atoms with Gasteiger partial charge >= 0.3 is 0 Å². The SMILES string of the molecule is CCN(CC)C(COCC=C(C)C)CN1c2ccccc2OCC1c1ccccc1OC. The van der Waals surface area contributed by atoms with Gasteiger partial charge in [0, 0.05) is 12.1 Å². The van der Waals surface area contributed by atoms with Gasteiger partial charge in [0.15, 0.2) is 0 Å². The highest BCUT2D eigenvalue weighted by atomic mass is 16.5. The zero-order valence-corrected chi connectivity index (χ0v) is 20.2. The minimum Gasteiger partial charge on any atom is -0.496 e. The molecule has 0 N–H and O–H groups in total. The molecule has 1 aliphatic heterocycles. The monoisotopic (exact) mass is 438 g/mol. The number of ether oxygens (including phenoxy) is 3. The smallest absolute Gasteiger partial charge is 0.142 e. The maximum absolute atomic E-state index is 6.19. The molecule has 0 aromatic heterocycles. The molecule has 2 aromatic rings. The van der Waals surface area contributed by atoms with Gasteiger partial charge in [-0.25, -0.2) is 0 Å². The number of fused-ring (bicyclic) bond motifs is 1. The molecule has 2 unspecified atom stereocenters. The van der Waals surface area contributed by atoms with Crippen LogP contribution in [0.2, 0.25) is 0 Å². The highest BCUT2D eigenvalue weighted by molar-refractivity contribution is 5.62. The van der Waals surface area contributed by atoms with Crippen molar-refractivity contribution >= 4 is 5.69 Å². The lowest BCUT2D eigenvalue weighted by Crippen LogP contribution is -2.49. The van der Waals surface area contributed by atoms with E-state index in [0.717, 1.165) is 42.4 Å². The predicted molar refractivity (Wildman–Crippen MR) is 132 cm³/mol.